The van der Waals surface area contributed by atoms with Crippen LogP contribution in [0.15, 0.2) is 17.0 Å². The molecule has 0 aromatic heterocycles. The molecule has 1 aromatic rings. The van der Waals surface area contributed by atoms with E-state index >= 15 is 0 Å². The summed E-state index contributed by atoms with van der Waals surface area (Å²) in [5.74, 6) is 0.607. The summed E-state index contributed by atoms with van der Waals surface area (Å²) >= 11 is 11.8. The van der Waals surface area contributed by atoms with Crippen LogP contribution in [0.4, 0.5) is 0 Å². The van der Waals surface area contributed by atoms with Gasteiger partial charge >= 0.3 is 0 Å². The molecule has 4 nitrogen and oxygen atoms in total. The van der Waals surface area contributed by atoms with Crippen molar-refractivity contribution in [3.63, 3.8) is 0 Å². The number of hydrogen-bond acceptors (Lipinski definition) is 3. The molecule has 0 heterocycles. The summed E-state index contributed by atoms with van der Waals surface area (Å²) in [4.78, 5) is 11.8. The smallest absolute Gasteiger partial charge is 0.261 e. The quantitative estimate of drug-likeness (QED) is 0.842. The van der Waals surface area contributed by atoms with Gasteiger partial charge in [-0.05, 0) is 30.4 Å². The molecular weight excluding hydrogens is 345 g/mol. The van der Waals surface area contributed by atoms with Gasteiger partial charge in [-0.3, -0.25) is 4.79 Å². The van der Waals surface area contributed by atoms with Crippen LogP contribution in [0.5, 0.6) is 0 Å². The monoisotopic (exact) mass is 355 g/mol. The molecule has 0 saturated heterocycles. The van der Waals surface area contributed by atoms with E-state index < -0.39 is 15.0 Å². The Morgan fingerprint density at radius 3 is 2.50 bits per heavy atom. The zero-order valence-corrected chi connectivity index (χ0v) is 13.6. The summed E-state index contributed by atoms with van der Waals surface area (Å²) in [6.45, 7) is 2.63. The molecule has 1 N–H and O–H groups in total. The Morgan fingerprint density at radius 1 is 1.40 bits per heavy atom. The van der Waals surface area contributed by atoms with Gasteiger partial charge in [-0.15, -0.1) is 0 Å². The van der Waals surface area contributed by atoms with E-state index in [1.165, 1.54) is 0 Å². The second kappa shape index (κ2) is 5.72. The topological polar surface area (TPSA) is 63.2 Å². The van der Waals surface area contributed by atoms with Crippen LogP contribution in [0.25, 0.3) is 0 Å². The third-order valence-electron chi connectivity index (χ3n) is 3.33. The highest BCUT2D eigenvalue weighted by molar-refractivity contribution is 8.13. The Bertz CT molecular complexity index is 660. The first kappa shape index (κ1) is 15.9. The van der Waals surface area contributed by atoms with Crippen LogP contribution >= 0.6 is 33.9 Å². The van der Waals surface area contributed by atoms with Crippen molar-refractivity contribution in [2.75, 3.05) is 6.54 Å². The van der Waals surface area contributed by atoms with Crippen LogP contribution in [0.1, 0.15) is 23.7 Å². The molecule has 1 aliphatic carbocycles. The van der Waals surface area contributed by atoms with Gasteiger partial charge in [-0.25, -0.2) is 8.42 Å². The van der Waals surface area contributed by atoms with Crippen LogP contribution in [0, 0.1) is 11.8 Å². The first-order valence-corrected chi connectivity index (χ1v) is 8.98. The van der Waals surface area contributed by atoms with Crippen molar-refractivity contribution in [2.24, 2.45) is 11.8 Å². The van der Waals surface area contributed by atoms with Crippen molar-refractivity contribution in [1.82, 2.24) is 5.32 Å². The number of halogens is 3. The van der Waals surface area contributed by atoms with Crippen LogP contribution in [-0.4, -0.2) is 20.9 Å². The standard InChI is InChI=1S/C12H12Cl3NO3S/c1-6-2-7(6)5-16-12(17)9-3-8(20(15,18)19)4-10(13)11(9)14/h3-4,6-7H,2,5H2,1H3,(H,16,17). The summed E-state index contributed by atoms with van der Waals surface area (Å²) in [6.07, 6.45) is 1.07. The number of rotatable bonds is 4. The van der Waals surface area contributed by atoms with Crippen LogP contribution < -0.4 is 5.32 Å². The highest BCUT2D eigenvalue weighted by atomic mass is 35.7. The van der Waals surface area contributed by atoms with Crippen LogP contribution in [-0.2, 0) is 9.05 Å². The molecule has 0 radical (unpaired) electrons. The maximum absolute atomic E-state index is 12.0. The molecule has 1 aromatic carbocycles. The molecule has 1 saturated carbocycles. The summed E-state index contributed by atoms with van der Waals surface area (Å²) in [5, 5.41) is 2.70. The zero-order chi connectivity index (χ0) is 15.1. The first-order valence-electron chi connectivity index (χ1n) is 5.92. The van der Waals surface area contributed by atoms with Crippen molar-refractivity contribution >= 4 is 48.8 Å². The van der Waals surface area contributed by atoms with Gasteiger partial charge < -0.3 is 5.32 Å². The lowest BCUT2D eigenvalue weighted by atomic mass is 10.2. The fourth-order valence-electron chi connectivity index (χ4n) is 1.87. The van der Waals surface area contributed by atoms with E-state index in [-0.39, 0.29) is 20.5 Å². The minimum absolute atomic E-state index is 0.00620. The highest BCUT2D eigenvalue weighted by Crippen LogP contribution is 2.37. The molecule has 0 spiro atoms. The second-order valence-corrected chi connectivity index (χ2v) is 8.24. The van der Waals surface area contributed by atoms with E-state index in [9.17, 15) is 13.2 Å². The van der Waals surface area contributed by atoms with Crippen molar-refractivity contribution in [3.8, 4) is 0 Å². The summed E-state index contributed by atoms with van der Waals surface area (Å²) in [6, 6.07) is 2.24. The SMILES string of the molecule is CC1CC1CNC(=O)c1cc(S(=O)(=O)Cl)cc(Cl)c1Cl. The van der Waals surface area contributed by atoms with E-state index in [0.717, 1.165) is 18.6 Å². The third-order valence-corrected chi connectivity index (χ3v) is 5.46. The molecule has 1 aliphatic rings. The average molecular weight is 357 g/mol. The van der Waals surface area contributed by atoms with E-state index in [4.69, 9.17) is 33.9 Å². The molecule has 2 atom stereocenters. The van der Waals surface area contributed by atoms with Gasteiger partial charge in [-0.1, -0.05) is 30.1 Å². The van der Waals surface area contributed by atoms with Gasteiger partial charge in [0, 0.05) is 17.2 Å². The summed E-state index contributed by atoms with van der Waals surface area (Å²) < 4.78 is 22.6. The van der Waals surface area contributed by atoms with Gasteiger partial charge in [-0.2, -0.15) is 0 Å². The molecule has 8 heteroatoms. The van der Waals surface area contributed by atoms with Crippen molar-refractivity contribution in [1.29, 1.82) is 0 Å². The van der Waals surface area contributed by atoms with E-state index in [2.05, 4.69) is 12.2 Å². The predicted octanol–water partition coefficient (Wildman–Crippen LogP) is 3.31. The Labute approximate surface area is 131 Å². The van der Waals surface area contributed by atoms with Gasteiger partial charge in [0.25, 0.3) is 15.0 Å². The molecule has 110 valence electrons. The lowest BCUT2D eigenvalue weighted by Gasteiger charge is -2.09. The lowest BCUT2D eigenvalue weighted by molar-refractivity contribution is 0.0951. The minimum atomic E-state index is -3.98. The lowest BCUT2D eigenvalue weighted by Crippen LogP contribution is -2.26. The van der Waals surface area contributed by atoms with Crippen molar-refractivity contribution in [2.45, 2.75) is 18.2 Å². The largest absolute Gasteiger partial charge is 0.352 e. The normalized spacial score (nSPS) is 21.6. The molecule has 1 fully saturated rings. The Balaban J connectivity index is 2.25. The molecule has 20 heavy (non-hydrogen) atoms. The maximum atomic E-state index is 12.0. The molecule has 0 aliphatic heterocycles. The zero-order valence-electron chi connectivity index (χ0n) is 10.5. The third kappa shape index (κ3) is 3.58. The Hall–Kier alpha value is -0.490. The highest BCUT2D eigenvalue weighted by Gasteiger charge is 2.32. The van der Waals surface area contributed by atoms with Crippen LogP contribution in [0.2, 0.25) is 10.0 Å². The van der Waals surface area contributed by atoms with Crippen LogP contribution in [0.3, 0.4) is 0 Å². The fourth-order valence-corrected chi connectivity index (χ4v) is 3.14. The second-order valence-electron chi connectivity index (χ2n) is 4.89. The summed E-state index contributed by atoms with van der Waals surface area (Å²) in [7, 11) is 1.28. The van der Waals surface area contributed by atoms with Crippen molar-refractivity contribution < 1.29 is 13.2 Å². The Kier molecular flexibility index (Phi) is 4.54. The number of carbonyl (C=O) groups excluding carboxylic acids is 1. The van der Waals surface area contributed by atoms with E-state index in [0.29, 0.717) is 18.4 Å². The van der Waals surface area contributed by atoms with Gasteiger partial charge in [0.1, 0.15) is 0 Å². The number of carbonyl (C=O) groups is 1. The van der Waals surface area contributed by atoms with Gasteiger partial charge in [0.15, 0.2) is 0 Å². The van der Waals surface area contributed by atoms with Gasteiger partial charge in [0.05, 0.1) is 20.5 Å². The van der Waals surface area contributed by atoms with E-state index in [1.807, 2.05) is 0 Å². The maximum Gasteiger partial charge on any atom is 0.261 e. The first-order chi connectivity index (χ1) is 9.20. The number of benzene rings is 1. The predicted molar refractivity (Wildman–Crippen MR) is 79.1 cm³/mol. The van der Waals surface area contributed by atoms with Crippen molar-refractivity contribution in [3.05, 3.63) is 27.7 Å². The van der Waals surface area contributed by atoms with E-state index in [1.54, 1.807) is 0 Å². The Morgan fingerprint density at radius 2 is 2.00 bits per heavy atom. The molecule has 1 amide bonds. The van der Waals surface area contributed by atoms with Gasteiger partial charge in [0.2, 0.25) is 0 Å². The number of amides is 1. The molecule has 2 rings (SSSR count). The number of nitrogens with one attached hydrogen (secondary N) is 1. The fraction of sp³-hybridized carbons (Fsp3) is 0.417. The molecule has 0 bridgehead atoms. The number of hydrogen-bond donors (Lipinski definition) is 1. The summed E-state index contributed by atoms with van der Waals surface area (Å²) in [5.41, 5.74) is 0.00620. The molecule has 2 unspecified atom stereocenters. The minimum Gasteiger partial charge on any atom is -0.352 e. The molecular formula is C12H12Cl3NO3S. The average Bonchev–Trinajstić information content (AvgIpc) is 3.04.